The van der Waals surface area contributed by atoms with Crippen molar-refractivity contribution in [1.29, 1.82) is 0 Å². The van der Waals surface area contributed by atoms with E-state index in [1.165, 1.54) is 4.90 Å². The SMILES string of the molecule is CCOC(=O)C1CSCCN1CN1C(=O)c2ccccc2C1=O. The number of nitrogens with zero attached hydrogens (tertiary/aromatic N) is 2. The molecule has 1 saturated heterocycles. The summed E-state index contributed by atoms with van der Waals surface area (Å²) in [6.07, 6.45) is 0. The number of hydrogen-bond donors (Lipinski definition) is 0. The van der Waals surface area contributed by atoms with Crippen LogP contribution in [-0.4, -0.2) is 65.0 Å². The number of amides is 2. The summed E-state index contributed by atoms with van der Waals surface area (Å²) in [4.78, 5) is 40.1. The minimum absolute atomic E-state index is 0.121. The van der Waals surface area contributed by atoms with Crippen LogP contribution in [0.25, 0.3) is 0 Å². The summed E-state index contributed by atoms with van der Waals surface area (Å²) in [6.45, 7) is 2.85. The molecule has 2 aliphatic heterocycles. The number of ether oxygens (including phenoxy) is 1. The molecule has 1 unspecified atom stereocenters. The first-order valence-electron chi connectivity index (χ1n) is 7.57. The molecule has 0 N–H and O–H groups in total. The van der Waals surface area contributed by atoms with Gasteiger partial charge in [0.25, 0.3) is 11.8 Å². The predicted molar refractivity (Wildman–Crippen MR) is 86.3 cm³/mol. The molecule has 7 heteroatoms. The molecule has 1 fully saturated rings. The Morgan fingerprint density at radius 2 is 1.91 bits per heavy atom. The second kappa shape index (κ2) is 6.72. The lowest BCUT2D eigenvalue weighted by molar-refractivity contribution is -0.149. The summed E-state index contributed by atoms with van der Waals surface area (Å²) in [7, 11) is 0. The normalized spacial score (nSPS) is 21.4. The highest BCUT2D eigenvalue weighted by Gasteiger charge is 2.39. The average Bonchev–Trinajstić information content (AvgIpc) is 2.81. The molecule has 0 aromatic heterocycles. The van der Waals surface area contributed by atoms with E-state index >= 15 is 0 Å². The maximum atomic E-state index is 12.4. The Bertz CT molecular complexity index is 614. The van der Waals surface area contributed by atoms with E-state index in [9.17, 15) is 14.4 Å². The number of carbonyl (C=O) groups excluding carboxylic acids is 3. The number of rotatable bonds is 4. The lowest BCUT2D eigenvalue weighted by Gasteiger charge is -2.35. The van der Waals surface area contributed by atoms with E-state index in [-0.39, 0.29) is 24.5 Å². The molecule has 122 valence electrons. The first-order valence-corrected chi connectivity index (χ1v) is 8.72. The lowest BCUT2D eigenvalue weighted by atomic mass is 10.1. The fourth-order valence-electron chi connectivity index (χ4n) is 2.81. The molecule has 6 nitrogen and oxygen atoms in total. The highest BCUT2D eigenvalue weighted by atomic mass is 32.2. The van der Waals surface area contributed by atoms with E-state index in [2.05, 4.69) is 0 Å². The number of thioether (sulfide) groups is 1. The fraction of sp³-hybridized carbons (Fsp3) is 0.438. The van der Waals surface area contributed by atoms with E-state index in [4.69, 9.17) is 4.74 Å². The van der Waals surface area contributed by atoms with Gasteiger partial charge in [-0.1, -0.05) is 12.1 Å². The second-order valence-electron chi connectivity index (χ2n) is 5.38. The molecule has 0 bridgehead atoms. The number of carbonyl (C=O) groups is 3. The molecule has 1 aromatic rings. The van der Waals surface area contributed by atoms with Gasteiger partial charge in [0, 0.05) is 18.1 Å². The Balaban J connectivity index is 1.77. The zero-order valence-corrected chi connectivity index (χ0v) is 13.7. The van der Waals surface area contributed by atoms with Gasteiger partial charge < -0.3 is 4.74 Å². The molecule has 2 aliphatic rings. The summed E-state index contributed by atoms with van der Waals surface area (Å²) < 4.78 is 5.11. The van der Waals surface area contributed by atoms with Crippen molar-refractivity contribution in [2.24, 2.45) is 0 Å². The summed E-state index contributed by atoms with van der Waals surface area (Å²) in [6, 6.07) is 6.38. The van der Waals surface area contributed by atoms with Gasteiger partial charge in [-0.15, -0.1) is 0 Å². The molecule has 0 spiro atoms. The lowest BCUT2D eigenvalue weighted by Crippen LogP contribution is -2.53. The molecular weight excluding hydrogens is 316 g/mol. The van der Waals surface area contributed by atoms with Crippen molar-refractivity contribution in [3.8, 4) is 0 Å². The van der Waals surface area contributed by atoms with Crippen LogP contribution in [0, 0.1) is 0 Å². The van der Waals surface area contributed by atoms with Gasteiger partial charge in [-0.25, -0.2) is 0 Å². The molecular formula is C16H18N2O4S. The zero-order chi connectivity index (χ0) is 16.4. The van der Waals surface area contributed by atoms with Crippen molar-refractivity contribution in [3.63, 3.8) is 0 Å². The maximum Gasteiger partial charge on any atom is 0.324 e. The van der Waals surface area contributed by atoms with Crippen LogP contribution < -0.4 is 0 Å². The molecule has 3 rings (SSSR count). The Kier molecular flexibility index (Phi) is 4.68. The maximum absolute atomic E-state index is 12.4. The monoisotopic (exact) mass is 334 g/mol. The van der Waals surface area contributed by atoms with Gasteiger partial charge in [-0.3, -0.25) is 24.2 Å². The van der Waals surface area contributed by atoms with E-state index < -0.39 is 6.04 Å². The van der Waals surface area contributed by atoms with Crippen LogP contribution >= 0.6 is 11.8 Å². The Hall–Kier alpha value is -1.86. The van der Waals surface area contributed by atoms with Crippen LogP contribution in [0.3, 0.4) is 0 Å². The Morgan fingerprint density at radius 3 is 2.52 bits per heavy atom. The first-order chi connectivity index (χ1) is 11.1. The standard InChI is InChI=1S/C16H18N2O4S/c1-2-22-16(21)13-9-23-8-7-17(13)10-18-14(19)11-5-3-4-6-12(11)15(18)20/h3-6,13H,2,7-10H2,1H3. The van der Waals surface area contributed by atoms with Crippen molar-refractivity contribution >= 4 is 29.5 Å². The van der Waals surface area contributed by atoms with Crippen LogP contribution in [0.1, 0.15) is 27.6 Å². The summed E-state index contributed by atoms with van der Waals surface area (Å²) in [5.74, 6) is 0.579. The Labute approximate surface area is 138 Å². The second-order valence-corrected chi connectivity index (χ2v) is 6.53. The van der Waals surface area contributed by atoms with Crippen molar-refractivity contribution in [1.82, 2.24) is 9.80 Å². The van der Waals surface area contributed by atoms with E-state index in [0.717, 1.165) is 5.75 Å². The molecule has 0 radical (unpaired) electrons. The third-order valence-electron chi connectivity index (χ3n) is 4.00. The molecule has 23 heavy (non-hydrogen) atoms. The molecule has 2 amide bonds. The van der Waals surface area contributed by atoms with Gasteiger partial charge >= 0.3 is 5.97 Å². The van der Waals surface area contributed by atoms with Crippen LogP contribution in [0.4, 0.5) is 0 Å². The predicted octanol–water partition coefficient (Wildman–Crippen LogP) is 1.22. The van der Waals surface area contributed by atoms with Gasteiger partial charge in [-0.2, -0.15) is 11.8 Å². The van der Waals surface area contributed by atoms with E-state index in [1.54, 1.807) is 43.0 Å². The number of imide groups is 1. The van der Waals surface area contributed by atoms with Crippen LogP contribution in [0.15, 0.2) is 24.3 Å². The van der Waals surface area contributed by atoms with Gasteiger partial charge in [0.05, 0.1) is 24.4 Å². The fourth-order valence-corrected chi connectivity index (χ4v) is 3.91. The smallest absolute Gasteiger partial charge is 0.324 e. The van der Waals surface area contributed by atoms with Crippen LogP contribution in [0.5, 0.6) is 0 Å². The van der Waals surface area contributed by atoms with Gasteiger partial charge in [0.1, 0.15) is 6.04 Å². The quantitative estimate of drug-likeness (QED) is 0.609. The topological polar surface area (TPSA) is 66.9 Å². The minimum atomic E-state index is -0.419. The van der Waals surface area contributed by atoms with Crippen molar-refractivity contribution in [2.75, 3.05) is 31.3 Å². The largest absolute Gasteiger partial charge is 0.465 e. The summed E-state index contributed by atoms with van der Waals surface area (Å²) >= 11 is 1.68. The minimum Gasteiger partial charge on any atom is -0.465 e. The number of esters is 1. The number of benzene rings is 1. The molecule has 1 aromatic carbocycles. The highest BCUT2D eigenvalue weighted by Crippen LogP contribution is 2.25. The molecule has 2 heterocycles. The summed E-state index contributed by atoms with van der Waals surface area (Å²) in [5, 5.41) is 0. The van der Waals surface area contributed by atoms with Crippen molar-refractivity contribution in [2.45, 2.75) is 13.0 Å². The highest BCUT2D eigenvalue weighted by molar-refractivity contribution is 7.99. The zero-order valence-electron chi connectivity index (χ0n) is 12.9. The first kappa shape index (κ1) is 16.0. The third kappa shape index (κ3) is 2.98. The molecule has 1 atom stereocenters. The van der Waals surface area contributed by atoms with Crippen molar-refractivity contribution < 1.29 is 19.1 Å². The molecule has 0 saturated carbocycles. The third-order valence-corrected chi connectivity index (χ3v) is 5.02. The van der Waals surface area contributed by atoms with E-state index in [0.29, 0.717) is 30.0 Å². The van der Waals surface area contributed by atoms with Gasteiger partial charge in [0.15, 0.2) is 0 Å². The van der Waals surface area contributed by atoms with E-state index in [1.807, 2.05) is 4.90 Å². The van der Waals surface area contributed by atoms with Crippen molar-refractivity contribution in [3.05, 3.63) is 35.4 Å². The number of fused-ring (bicyclic) bond motifs is 1. The number of hydrogen-bond acceptors (Lipinski definition) is 6. The van der Waals surface area contributed by atoms with Gasteiger partial charge in [0.2, 0.25) is 0 Å². The molecule has 0 aliphatic carbocycles. The van der Waals surface area contributed by atoms with Gasteiger partial charge in [-0.05, 0) is 19.1 Å². The van der Waals surface area contributed by atoms with Crippen LogP contribution in [-0.2, 0) is 9.53 Å². The Morgan fingerprint density at radius 1 is 1.26 bits per heavy atom. The summed E-state index contributed by atoms with van der Waals surface area (Å²) in [5.41, 5.74) is 0.855. The average molecular weight is 334 g/mol. The van der Waals surface area contributed by atoms with Crippen LogP contribution in [0.2, 0.25) is 0 Å².